The quantitative estimate of drug-likeness (QED) is 0.0842. The minimum absolute atomic E-state index is 0.128. The molecule has 58 heavy (non-hydrogen) atoms. The van der Waals surface area contributed by atoms with Crippen molar-refractivity contribution in [3.05, 3.63) is 147 Å². The SMILES string of the molecule is C=C(c1ccc(C(=O)O)cc1)c1cc2c(cc1C)C(C)(C)CCC21CC1.COC(=O)CCCc1ccc(C)cc1.Cc1ccc(CCCC(=O)O)cc1.O=S(=O)(O)O. The van der Waals surface area contributed by atoms with Crippen molar-refractivity contribution >= 4 is 33.9 Å². The topological polar surface area (TPSA) is 175 Å². The second kappa shape index (κ2) is 21.1. The highest BCUT2D eigenvalue weighted by atomic mass is 32.3. The molecule has 2 aliphatic carbocycles. The number of hydrogen-bond donors (Lipinski definition) is 4. The van der Waals surface area contributed by atoms with Gasteiger partial charge in [0.15, 0.2) is 0 Å². The molecule has 1 spiro atoms. The summed E-state index contributed by atoms with van der Waals surface area (Å²) in [6, 6.07) is 28.4. The number of ether oxygens (including phenoxy) is 1. The lowest BCUT2D eigenvalue weighted by molar-refractivity contribution is -0.140. The lowest BCUT2D eigenvalue weighted by Gasteiger charge is -2.38. The average molecular weight is 815 g/mol. The van der Waals surface area contributed by atoms with Crippen LogP contribution in [0.5, 0.6) is 0 Å². The molecule has 0 saturated heterocycles. The molecule has 0 radical (unpaired) electrons. The Bertz CT molecular complexity index is 2120. The van der Waals surface area contributed by atoms with Crippen LogP contribution in [0.4, 0.5) is 0 Å². The molecule has 4 aromatic rings. The second-order valence-corrected chi connectivity index (χ2v) is 16.7. The number of benzene rings is 4. The van der Waals surface area contributed by atoms with Crippen LogP contribution in [0.3, 0.4) is 0 Å². The number of hydrogen-bond acceptors (Lipinski definition) is 6. The van der Waals surface area contributed by atoms with Crippen LogP contribution >= 0.6 is 0 Å². The largest absolute Gasteiger partial charge is 0.481 e. The Labute approximate surface area is 343 Å². The van der Waals surface area contributed by atoms with E-state index in [4.69, 9.17) is 27.7 Å². The van der Waals surface area contributed by atoms with Crippen LogP contribution in [0.1, 0.15) is 126 Å². The molecule has 0 amide bonds. The lowest BCUT2D eigenvalue weighted by atomic mass is 9.66. The number of esters is 1. The Morgan fingerprint density at radius 2 is 1.14 bits per heavy atom. The van der Waals surface area contributed by atoms with E-state index in [1.165, 1.54) is 77.3 Å². The van der Waals surface area contributed by atoms with Crippen molar-refractivity contribution in [2.24, 2.45) is 0 Å². The summed E-state index contributed by atoms with van der Waals surface area (Å²) in [4.78, 5) is 32.2. The summed E-state index contributed by atoms with van der Waals surface area (Å²) in [6.45, 7) is 15.3. The highest BCUT2D eigenvalue weighted by Gasteiger charge is 2.50. The monoisotopic (exact) mass is 814 g/mol. The van der Waals surface area contributed by atoms with E-state index in [1.807, 2.05) is 19.1 Å². The first-order chi connectivity index (χ1) is 27.1. The highest BCUT2D eigenvalue weighted by molar-refractivity contribution is 7.79. The Morgan fingerprint density at radius 3 is 1.57 bits per heavy atom. The van der Waals surface area contributed by atoms with Crippen molar-refractivity contribution < 1.29 is 46.9 Å². The van der Waals surface area contributed by atoms with Gasteiger partial charge in [-0.05, 0) is 140 Å². The van der Waals surface area contributed by atoms with E-state index in [9.17, 15) is 14.4 Å². The number of fused-ring (bicyclic) bond motifs is 2. The summed E-state index contributed by atoms with van der Waals surface area (Å²) >= 11 is 0. The fourth-order valence-electron chi connectivity index (χ4n) is 6.98. The number of carbonyl (C=O) groups is 3. The molecule has 0 aromatic heterocycles. The summed E-state index contributed by atoms with van der Waals surface area (Å²) in [5.41, 5.74) is 13.4. The highest BCUT2D eigenvalue weighted by Crippen LogP contribution is 2.59. The van der Waals surface area contributed by atoms with Gasteiger partial charge in [-0.2, -0.15) is 8.42 Å². The molecule has 0 atom stereocenters. The van der Waals surface area contributed by atoms with E-state index >= 15 is 0 Å². The zero-order valence-corrected chi connectivity index (χ0v) is 35.3. The van der Waals surface area contributed by atoms with Gasteiger partial charge in [-0.15, -0.1) is 0 Å². The minimum atomic E-state index is -4.67. The first-order valence-electron chi connectivity index (χ1n) is 19.4. The number of carboxylic acid groups (broad SMARTS) is 2. The predicted octanol–water partition coefficient (Wildman–Crippen LogP) is 10.1. The number of aromatic carboxylic acids is 1. The van der Waals surface area contributed by atoms with Crippen LogP contribution in [0, 0.1) is 20.8 Å². The third kappa shape index (κ3) is 15.3. The third-order valence-corrected chi connectivity index (χ3v) is 10.7. The smallest absolute Gasteiger partial charge is 0.394 e. The average Bonchev–Trinajstić information content (AvgIpc) is 3.95. The lowest BCUT2D eigenvalue weighted by Crippen LogP contribution is -2.30. The zero-order valence-electron chi connectivity index (χ0n) is 34.5. The van der Waals surface area contributed by atoms with E-state index in [-0.39, 0.29) is 17.8 Å². The summed E-state index contributed by atoms with van der Waals surface area (Å²) in [7, 11) is -3.24. The molecule has 0 unspecified atom stereocenters. The first kappa shape index (κ1) is 47.3. The van der Waals surface area contributed by atoms with Crippen LogP contribution < -0.4 is 0 Å². The fourth-order valence-corrected chi connectivity index (χ4v) is 6.98. The molecule has 0 heterocycles. The Kier molecular flexibility index (Phi) is 17.2. The van der Waals surface area contributed by atoms with Gasteiger partial charge >= 0.3 is 28.3 Å². The molecule has 1 saturated carbocycles. The maximum atomic E-state index is 11.1. The number of aryl methyl sites for hydroxylation is 5. The number of methoxy groups -OCH3 is 1. The van der Waals surface area contributed by atoms with Gasteiger partial charge in [0.1, 0.15) is 0 Å². The van der Waals surface area contributed by atoms with Crippen molar-refractivity contribution in [2.45, 2.75) is 110 Å². The molecule has 10 nitrogen and oxygen atoms in total. The van der Waals surface area contributed by atoms with Gasteiger partial charge in [0.2, 0.25) is 0 Å². The van der Waals surface area contributed by atoms with Crippen LogP contribution in [0.25, 0.3) is 5.57 Å². The molecule has 11 heteroatoms. The Hall–Kier alpha value is -5.10. The van der Waals surface area contributed by atoms with Crippen molar-refractivity contribution in [1.82, 2.24) is 0 Å². The molecule has 312 valence electrons. The number of aliphatic carboxylic acids is 1. The van der Waals surface area contributed by atoms with Crippen molar-refractivity contribution in [1.29, 1.82) is 0 Å². The van der Waals surface area contributed by atoms with Crippen molar-refractivity contribution in [3.63, 3.8) is 0 Å². The zero-order chi connectivity index (χ0) is 43.3. The Balaban J connectivity index is 0.000000238. The summed E-state index contributed by atoms with van der Waals surface area (Å²) in [5.74, 6) is -1.74. The maximum absolute atomic E-state index is 11.1. The number of carbonyl (C=O) groups excluding carboxylic acids is 1. The van der Waals surface area contributed by atoms with Gasteiger partial charge in [-0.25, -0.2) is 4.79 Å². The maximum Gasteiger partial charge on any atom is 0.394 e. The van der Waals surface area contributed by atoms with Gasteiger partial charge in [-0.1, -0.05) is 104 Å². The van der Waals surface area contributed by atoms with Crippen LogP contribution in [-0.4, -0.2) is 52.8 Å². The molecule has 1 fully saturated rings. The normalized spacial score (nSPS) is 14.1. The second-order valence-electron chi connectivity index (χ2n) is 15.8. The number of rotatable bonds is 11. The molecule has 2 aliphatic rings. The molecular weight excluding hydrogens is 757 g/mol. The van der Waals surface area contributed by atoms with Crippen LogP contribution in [-0.2, 0) is 48.4 Å². The molecule has 4 N–H and O–H groups in total. The van der Waals surface area contributed by atoms with Gasteiger partial charge in [0.25, 0.3) is 0 Å². The van der Waals surface area contributed by atoms with E-state index in [0.717, 1.165) is 36.8 Å². The minimum Gasteiger partial charge on any atom is -0.481 e. The van der Waals surface area contributed by atoms with Gasteiger partial charge in [-0.3, -0.25) is 18.7 Å². The molecular formula is C47H58O10S. The van der Waals surface area contributed by atoms with Crippen LogP contribution in [0.15, 0.2) is 91.5 Å². The third-order valence-electron chi connectivity index (χ3n) is 10.7. The first-order valence-corrected chi connectivity index (χ1v) is 20.8. The van der Waals surface area contributed by atoms with E-state index in [0.29, 0.717) is 17.4 Å². The number of carboxylic acids is 2. The summed E-state index contributed by atoms with van der Waals surface area (Å²) < 4.78 is 36.2. The van der Waals surface area contributed by atoms with E-state index in [1.54, 1.807) is 12.1 Å². The van der Waals surface area contributed by atoms with E-state index < -0.39 is 22.3 Å². The van der Waals surface area contributed by atoms with Gasteiger partial charge < -0.3 is 14.9 Å². The van der Waals surface area contributed by atoms with Gasteiger partial charge in [0, 0.05) is 12.8 Å². The summed E-state index contributed by atoms with van der Waals surface area (Å²) in [6.07, 6.45) is 9.29. The van der Waals surface area contributed by atoms with Crippen LogP contribution in [0.2, 0.25) is 0 Å². The molecule has 0 bridgehead atoms. The molecule has 6 rings (SSSR count). The Morgan fingerprint density at radius 1 is 0.690 bits per heavy atom. The van der Waals surface area contributed by atoms with E-state index in [2.05, 4.69) is 99.7 Å². The van der Waals surface area contributed by atoms with Crippen molar-refractivity contribution in [3.8, 4) is 0 Å². The summed E-state index contributed by atoms with van der Waals surface area (Å²) in [5, 5.41) is 17.5. The standard InChI is InChI=1S/C24H26O2.C12H16O2.C11H14O2.H2O4S/c1-15-13-20-21(24(11-12-24)10-9-23(20,3)4)14-19(15)16(2)17-5-7-18(8-6-17)22(25)26;1-10-6-8-11(9-7-10)4-3-5-12(13)14-2;1-9-5-7-10(8-6-9)3-2-4-11(12)13;1-5(2,3)4/h5-8,13-14H,2,9-12H2,1,3-4H3,(H,25,26);6-9H,3-5H2,1-2H3;5-8H,2-4H2,1H3,(H,12,13);(H2,1,2,3,4). The molecule has 0 aliphatic heterocycles. The van der Waals surface area contributed by atoms with Gasteiger partial charge in [0.05, 0.1) is 12.7 Å². The van der Waals surface area contributed by atoms with Crippen molar-refractivity contribution in [2.75, 3.05) is 7.11 Å². The fraction of sp³-hybridized carbons (Fsp3) is 0.383. The predicted molar refractivity (Wildman–Crippen MR) is 228 cm³/mol. The molecule has 4 aromatic carbocycles.